The average molecular weight is 189 g/mol. The number of hydrogen-bond acceptors (Lipinski definition) is 2. The summed E-state index contributed by atoms with van der Waals surface area (Å²) >= 11 is 0. The highest BCUT2D eigenvalue weighted by Crippen LogP contribution is 2.21. The molecule has 0 atom stereocenters. The zero-order chi connectivity index (χ0) is 10.1. The summed E-state index contributed by atoms with van der Waals surface area (Å²) in [7, 11) is 0. The van der Waals surface area contributed by atoms with E-state index in [0.717, 1.165) is 35.5 Å². The fourth-order valence-corrected chi connectivity index (χ4v) is 1.84. The van der Waals surface area contributed by atoms with Crippen molar-refractivity contribution in [1.29, 1.82) is 0 Å². The number of anilines is 1. The molecule has 2 aromatic rings. The number of aromatic nitrogens is 2. The first-order chi connectivity index (χ1) is 6.77. The van der Waals surface area contributed by atoms with Crippen molar-refractivity contribution in [2.75, 3.05) is 5.73 Å². The van der Waals surface area contributed by atoms with Crippen LogP contribution in [-0.2, 0) is 13.0 Å². The SMILES string of the molecule is CCc1nc2c(N)cccc2n1CC. The van der Waals surface area contributed by atoms with Gasteiger partial charge in [0.1, 0.15) is 11.3 Å². The van der Waals surface area contributed by atoms with E-state index >= 15 is 0 Å². The second-order valence-electron chi connectivity index (χ2n) is 3.34. The fourth-order valence-electron chi connectivity index (χ4n) is 1.84. The Hall–Kier alpha value is -1.51. The van der Waals surface area contributed by atoms with Crippen LogP contribution in [0.5, 0.6) is 0 Å². The van der Waals surface area contributed by atoms with Gasteiger partial charge in [0.15, 0.2) is 0 Å². The Bertz CT molecular complexity index is 457. The monoisotopic (exact) mass is 189 g/mol. The molecule has 1 aromatic heterocycles. The van der Waals surface area contributed by atoms with E-state index < -0.39 is 0 Å². The average Bonchev–Trinajstić information content (AvgIpc) is 2.57. The first-order valence-electron chi connectivity index (χ1n) is 5.01. The van der Waals surface area contributed by atoms with E-state index in [1.54, 1.807) is 0 Å². The smallest absolute Gasteiger partial charge is 0.112 e. The highest BCUT2D eigenvalue weighted by atomic mass is 15.1. The van der Waals surface area contributed by atoms with Crippen molar-refractivity contribution >= 4 is 16.7 Å². The summed E-state index contributed by atoms with van der Waals surface area (Å²) in [5.41, 5.74) is 8.72. The standard InChI is InChI=1S/C11H15N3/c1-3-10-13-11-8(12)6-5-7-9(11)14(10)4-2/h5-7H,3-4,12H2,1-2H3. The molecule has 1 heterocycles. The number of nitrogens with zero attached hydrogens (tertiary/aromatic N) is 2. The maximum atomic E-state index is 5.87. The van der Waals surface area contributed by atoms with Crippen LogP contribution in [0, 0.1) is 0 Å². The molecular weight excluding hydrogens is 174 g/mol. The van der Waals surface area contributed by atoms with Crippen molar-refractivity contribution in [1.82, 2.24) is 9.55 Å². The number of aryl methyl sites for hydroxylation is 2. The normalized spacial score (nSPS) is 11.0. The predicted molar refractivity (Wildman–Crippen MR) is 59.2 cm³/mol. The number of fused-ring (bicyclic) bond motifs is 1. The lowest BCUT2D eigenvalue weighted by Crippen LogP contribution is -1.99. The summed E-state index contributed by atoms with van der Waals surface area (Å²) < 4.78 is 2.21. The second kappa shape index (κ2) is 3.33. The molecule has 3 nitrogen and oxygen atoms in total. The lowest BCUT2D eigenvalue weighted by atomic mass is 10.3. The van der Waals surface area contributed by atoms with E-state index in [2.05, 4.69) is 29.5 Å². The van der Waals surface area contributed by atoms with Gasteiger partial charge in [-0.25, -0.2) is 4.98 Å². The molecule has 0 bridgehead atoms. The molecule has 0 unspecified atom stereocenters. The third-order valence-corrected chi connectivity index (χ3v) is 2.52. The van der Waals surface area contributed by atoms with Crippen LogP contribution in [0.2, 0.25) is 0 Å². The van der Waals surface area contributed by atoms with Crippen molar-refractivity contribution in [2.45, 2.75) is 26.8 Å². The van der Waals surface area contributed by atoms with E-state index in [1.165, 1.54) is 0 Å². The zero-order valence-electron chi connectivity index (χ0n) is 8.62. The molecule has 14 heavy (non-hydrogen) atoms. The van der Waals surface area contributed by atoms with Gasteiger partial charge >= 0.3 is 0 Å². The Kier molecular flexibility index (Phi) is 2.15. The van der Waals surface area contributed by atoms with Gasteiger partial charge in [-0.05, 0) is 19.1 Å². The zero-order valence-corrected chi connectivity index (χ0v) is 8.62. The number of hydrogen-bond donors (Lipinski definition) is 1. The van der Waals surface area contributed by atoms with Gasteiger partial charge in [0.25, 0.3) is 0 Å². The van der Waals surface area contributed by atoms with Gasteiger partial charge in [-0.15, -0.1) is 0 Å². The van der Waals surface area contributed by atoms with Crippen LogP contribution in [0.25, 0.3) is 11.0 Å². The third-order valence-electron chi connectivity index (χ3n) is 2.52. The van der Waals surface area contributed by atoms with Gasteiger partial charge in [0, 0.05) is 13.0 Å². The van der Waals surface area contributed by atoms with Crippen LogP contribution in [0.4, 0.5) is 5.69 Å². The Morgan fingerprint density at radius 1 is 1.36 bits per heavy atom. The van der Waals surface area contributed by atoms with Crippen molar-refractivity contribution < 1.29 is 0 Å². The summed E-state index contributed by atoms with van der Waals surface area (Å²) in [6.45, 7) is 5.19. The number of benzene rings is 1. The Balaban J connectivity index is 2.79. The molecule has 0 aliphatic heterocycles. The molecule has 0 aliphatic rings. The van der Waals surface area contributed by atoms with Crippen LogP contribution in [0.3, 0.4) is 0 Å². The van der Waals surface area contributed by atoms with Gasteiger partial charge in [0.2, 0.25) is 0 Å². The maximum absolute atomic E-state index is 5.87. The summed E-state index contributed by atoms with van der Waals surface area (Å²) in [5.74, 6) is 1.11. The number of imidazole rings is 1. The Morgan fingerprint density at radius 3 is 2.79 bits per heavy atom. The number of para-hydroxylation sites is 1. The summed E-state index contributed by atoms with van der Waals surface area (Å²) in [4.78, 5) is 4.54. The van der Waals surface area contributed by atoms with Crippen LogP contribution in [-0.4, -0.2) is 9.55 Å². The quantitative estimate of drug-likeness (QED) is 0.736. The topological polar surface area (TPSA) is 43.8 Å². The molecule has 0 radical (unpaired) electrons. The van der Waals surface area contributed by atoms with Crippen molar-refractivity contribution in [3.05, 3.63) is 24.0 Å². The van der Waals surface area contributed by atoms with E-state index in [-0.39, 0.29) is 0 Å². The molecule has 0 aliphatic carbocycles. The number of nitrogens with two attached hydrogens (primary N) is 1. The van der Waals surface area contributed by atoms with Gasteiger partial charge in [-0.3, -0.25) is 0 Å². The first kappa shape index (κ1) is 9.06. The first-order valence-corrected chi connectivity index (χ1v) is 5.01. The van der Waals surface area contributed by atoms with Crippen LogP contribution in [0.1, 0.15) is 19.7 Å². The molecule has 3 heteroatoms. The fraction of sp³-hybridized carbons (Fsp3) is 0.364. The second-order valence-corrected chi connectivity index (χ2v) is 3.34. The molecule has 0 saturated heterocycles. The largest absolute Gasteiger partial charge is 0.397 e. The minimum atomic E-state index is 0.768. The lowest BCUT2D eigenvalue weighted by Gasteiger charge is -2.02. The van der Waals surface area contributed by atoms with E-state index in [0.29, 0.717) is 0 Å². The van der Waals surface area contributed by atoms with Gasteiger partial charge < -0.3 is 10.3 Å². The van der Waals surface area contributed by atoms with Crippen molar-refractivity contribution in [3.8, 4) is 0 Å². The van der Waals surface area contributed by atoms with Crippen molar-refractivity contribution in [3.63, 3.8) is 0 Å². The van der Waals surface area contributed by atoms with Crippen LogP contribution < -0.4 is 5.73 Å². The predicted octanol–water partition coefficient (Wildman–Crippen LogP) is 2.20. The molecule has 74 valence electrons. The molecule has 2 N–H and O–H groups in total. The minimum Gasteiger partial charge on any atom is -0.397 e. The molecule has 0 spiro atoms. The van der Waals surface area contributed by atoms with Crippen LogP contribution >= 0.6 is 0 Å². The number of rotatable bonds is 2. The molecule has 0 amide bonds. The van der Waals surface area contributed by atoms with E-state index in [4.69, 9.17) is 5.73 Å². The van der Waals surface area contributed by atoms with Gasteiger partial charge in [0.05, 0.1) is 11.2 Å². The van der Waals surface area contributed by atoms with Gasteiger partial charge in [-0.2, -0.15) is 0 Å². The highest BCUT2D eigenvalue weighted by Gasteiger charge is 2.08. The Morgan fingerprint density at radius 2 is 2.14 bits per heavy atom. The third kappa shape index (κ3) is 1.16. The molecule has 0 saturated carbocycles. The van der Waals surface area contributed by atoms with Crippen molar-refractivity contribution in [2.24, 2.45) is 0 Å². The maximum Gasteiger partial charge on any atom is 0.112 e. The number of nitrogen functional groups attached to an aromatic ring is 1. The summed E-state index contributed by atoms with van der Waals surface area (Å²) in [6, 6.07) is 5.95. The summed E-state index contributed by atoms with van der Waals surface area (Å²) in [6.07, 6.45) is 0.946. The summed E-state index contributed by atoms with van der Waals surface area (Å²) in [5, 5.41) is 0. The Labute approximate surface area is 83.6 Å². The molecular formula is C11H15N3. The molecule has 1 aromatic carbocycles. The lowest BCUT2D eigenvalue weighted by molar-refractivity contribution is 0.726. The molecule has 0 fully saturated rings. The minimum absolute atomic E-state index is 0.768. The molecule has 2 rings (SSSR count). The van der Waals surface area contributed by atoms with E-state index in [9.17, 15) is 0 Å². The van der Waals surface area contributed by atoms with Gasteiger partial charge in [-0.1, -0.05) is 13.0 Å². The van der Waals surface area contributed by atoms with E-state index in [1.807, 2.05) is 12.1 Å². The van der Waals surface area contributed by atoms with Crippen LogP contribution in [0.15, 0.2) is 18.2 Å². The highest BCUT2D eigenvalue weighted by molar-refractivity contribution is 5.87.